The number of fused-ring (bicyclic) bond motifs is 1. The van der Waals surface area contributed by atoms with E-state index in [9.17, 15) is 4.79 Å². The third-order valence-electron chi connectivity index (χ3n) is 6.08. The molecule has 4 rings (SSSR count). The van der Waals surface area contributed by atoms with Gasteiger partial charge in [-0.3, -0.25) is 4.79 Å². The summed E-state index contributed by atoms with van der Waals surface area (Å²) in [5, 5.41) is 0. The normalized spacial score (nSPS) is 27.4. The molecule has 0 radical (unpaired) electrons. The molecule has 1 aliphatic carbocycles. The molecule has 1 saturated carbocycles. The van der Waals surface area contributed by atoms with Crippen LogP contribution in [-0.4, -0.2) is 28.9 Å². The summed E-state index contributed by atoms with van der Waals surface area (Å²) in [6, 6.07) is 7.87. The van der Waals surface area contributed by atoms with Gasteiger partial charge in [0.25, 0.3) is 0 Å². The summed E-state index contributed by atoms with van der Waals surface area (Å²) in [6.45, 7) is 10.2. The molecule has 0 spiro atoms. The number of carbonyl (C=O) groups is 1. The van der Waals surface area contributed by atoms with Crippen LogP contribution in [-0.2, 0) is 4.79 Å². The highest BCUT2D eigenvalue weighted by atomic mass is 16.3. The summed E-state index contributed by atoms with van der Waals surface area (Å²) in [6.07, 6.45) is 4.31. The monoisotopic (exact) mass is 352 g/mol. The number of allylic oxidation sites excluding steroid dienone is 2. The number of para-hydroxylation sites is 2. The van der Waals surface area contributed by atoms with E-state index in [-0.39, 0.29) is 17.3 Å². The molecule has 1 aliphatic heterocycles. The minimum absolute atomic E-state index is 0.0684. The molecule has 1 aromatic carbocycles. The molecule has 1 amide bonds. The molecular formula is C22H28N2O2. The number of hydrogen-bond acceptors (Lipinski definition) is 3. The van der Waals surface area contributed by atoms with Gasteiger partial charge in [-0.15, -0.1) is 0 Å². The van der Waals surface area contributed by atoms with Crippen LogP contribution in [0, 0.1) is 17.3 Å². The summed E-state index contributed by atoms with van der Waals surface area (Å²) in [5.74, 6) is 1.76. The van der Waals surface area contributed by atoms with Crippen LogP contribution >= 0.6 is 0 Å². The maximum atomic E-state index is 13.2. The molecule has 1 saturated heterocycles. The van der Waals surface area contributed by atoms with E-state index in [2.05, 4.69) is 38.8 Å². The Morgan fingerprint density at radius 2 is 2.08 bits per heavy atom. The number of amides is 1. The SMILES string of the molecule is CC(C)=CC1C(C(=O)N2CCCC(c3nc4ccccc4o3)C2)C1(C)C. The van der Waals surface area contributed by atoms with E-state index in [4.69, 9.17) is 4.42 Å². The zero-order valence-corrected chi connectivity index (χ0v) is 16.2. The van der Waals surface area contributed by atoms with Gasteiger partial charge < -0.3 is 9.32 Å². The quantitative estimate of drug-likeness (QED) is 0.747. The standard InChI is InChI=1S/C22H28N2O2/c1-14(2)12-16-19(22(16,3)4)21(25)24-11-7-8-15(13-24)20-23-17-9-5-6-10-18(17)26-20/h5-6,9-10,12,15-16,19H,7-8,11,13H2,1-4H3. The molecule has 2 fully saturated rings. The third kappa shape index (κ3) is 2.95. The van der Waals surface area contributed by atoms with Crippen LogP contribution < -0.4 is 0 Å². The van der Waals surface area contributed by atoms with Crippen molar-refractivity contribution in [1.29, 1.82) is 0 Å². The molecule has 0 N–H and O–H groups in total. The number of hydrogen-bond donors (Lipinski definition) is 0. The van der Waals surface area contributed by atoms with E-state index in [0.717, 1.165) is 42.9 Å². The Balaban J connectivity index is 1.50. The van der Waals surface area contributed by atoms with Crippen molar-refractivity contribution >= 4 is 17.0 Å². The molecule has 3 unspecified atom stereocenters. The molecule has 4 heteroatoms. The molecule has 3 atom stereocenters. The van der Waals surface area contributed by atoms with Gasteiger partial charge in [0.1, 0.15) is 5.52 Å². The van der Waals surface area contributed by atoms with Crippen molar-refractivity contribution in [3.05, 3.63) is 41.8 Å². The van der Waals surface area contributed by atoms with Gasteiger partial charge in [-0.25, -0.2) is 4.98 Å². The second-order valence-electron chi connectivity index (χ2n) is 8.71. The molecule has 2 aromatic rings. The summed E-state index contributed by atoms with van der Waals surface area (Å²) in [4.78, 5) is 19.9. The van der Waals surface area contributed by atoms with Crippen molar-refractivity contribution in [2.75, 3.05) is 13.1 Å². The summed E-state index contributed by atoms with van der Waals surface area (Å²) in [7, 11) is 0. The molecule has 2 aliphatic rings. The van der Waals surface area contributed by atoms with Gasteiger partial charge in [0.05, 0.1) is 11.8 Å². The highest BCUT2D eigenvalue weighted by Gasteiger charge is 2.61. The van der Waals surface area contributed by atoms with E-state index in [1.165, 1.54) is 5.57 Å². The van der Waals surface area contributed by atoms with Gasteiger partial charge in [0, 0.05) is 13.1 Å². The van der Waals surface area contributed by atoms with Crippen LogP contribution in [0.4, 0.5) is 0 Å². The Bertz CT molecular complexity index is 827. The summed E-state index contributed by atoms with van der Waals surface area (Å²) < 4.78 is 5.97. The second kappa shape index (κ2) is 6.26. The lowest BCUT2D eigenvalue weighted by molar-refractivity contribution is -0.134. The fraction of sp³-hybridized carbons (Fsp3) is 0.545. The lowest BCUT2D eigenvalue weighted by atomic mass is 9.97. The summed E-state index contributed by atoms with van der Waals surface area (Å²) >= 11 is 0. The molecule has 1 aromatic heterocycles. The van der Waals surface area contributed by atoms with E-state index in [0.29, 0.717) is 11.8 Å². The average Bonchev–Trinajstić information content (AvgIpc) is 2.96. The van der Waals surface area contributed by atoms with Gasteiger partial charge in [0.15, 0.2) is 11.5 Å². The first kappa shape index (κ1) is 17.3. The molecule has 26 heavy (non-hydrogen) atoms. The molecule has 138 valence electrons. The average molecular weight is 352 g/mol. The Morgan fingerprint density at radius 1 is 1.31 bits per heavy atom. The van der Waals surface area contributed by atoms with Gasteiger partial charge in [-0.05, 0) is 50.2 Å². The van der Waals surface area contributed by atoms with Gasteiger partial charge in [-0.1, -0.05) is 37.6 Å². The van der Waals surface area contributed by atoms with Gasteiger partial charge in [-0.2, -0.15) is 0 Å². The van der Waals surface area contributed by atoms with Crippen molar-refractivity contribution < 1.29 is 9.21 Å². The first-order chi connectivity index (χ1) is 12.4. The van der Waals surface area contributed by atoms with Crippen molar-refractivity contribution in [2.45, 2.75) is 46.5 Å². The van der Waals surface area contributed by atoms with Crippen LogP contribution in [0.5, 0.6) is 0 Å². The van der Waals surface area contributed by atoms with Crippen molar-refractivity contribution in [3.63, 3.8) is 0 Å². The van der Waals surface area contributed by atoms with Crippen LogP contribution in [0.3, 0.4) is 0 Å². The number of piperidine rings is 1. The topological polar surface area (TPSA) is 46.3 Å². The Kier molecular flexibility index (Phi) is 4.17. The van der Waals surface area contributed by atoms with E-state index >= 15 is 0 Å². The Morgan fingerprint density at radius 3 is 2.81 bits per heavy atom. The highest BCUT2D eigenvalue weighted by Crippen LogP contribution is 2.60. The Hall–Kier alpha value is -2.10. The number of oxazole rings is 1. The van der Waals surface area contributed by atoms with E-state index in [1.807, 2.05) is 29.2 Å². The Labute approximate surface area is 155 Å². The number of benzene rings is 1. The van der Waals surface area contributed by atoms with Gasteiger partial charge >= 0.3 is 0 Å². The smallest absolute Gasteiger partial charge is 0.226 e. The summed E-state index contributed by atoms with van der Waals surface area (Å²) in [5.41, 5.74) is 3.09. The lowest BCUT2D eigenvalue weighted by Crippen LogP contribution is -2.40. The highest BCUT2D eigenvalue weighted by molar-refractivity contribution is 5.84. The molecular weight excluding hydrogens is 324 g/mol. The minimum Gasteiger partial charge on any atom is -0.440 e. The van der Waals surface area contributed by atoms with Crippen LogP contribution in [0.15, 0.2) is 40.3 Å². The number of likely N-dealkylation sites (tertiary alicyclic amines) is 1. The number of aromatic nitrogens is 1. The maximum Gasteiger partial charge on any atom is 0.226 e. The second-order valence-corrected chi connectivity index (χ2v) is 8.71. The first-order valence-electron chi connectivity index (χ1n) is 9.67. The minimum atomic E-state index is 0.0684. The molecule has 0 bridgehead atoms. The lowest BCUT2D eigenvalue weighted by Gasteiger charge is -2.31. The zero-order chi connectivity index (χ0) is 18.5. The largest absolute Gasteiger partial charge is 0.440 e. The van der Waals surface area contributed by atoms with Crippen LogP contribution in [0.25, 0.3) is 11.1 Å². The predicted molar refractivity (Wildman–Crippen MR) is 103 cm³/mol. The fourth-order valence-electron chi connectivity index (χ4n) is 4.46. The maximum absolute atomic E-state index is 13.2. The van der Waals surface area contributed by atoms with Crippen molar-refractivity contribution in [2.24, 2.45) is 17.3 Å². The number of rotatable bonds is 3. The van der Waals surface area contributed by atoms with Crippen molar-refractivity contribution in [3.8, 4) is 0 Å². The van der Waals surface area contributed by atoms with Gasteiger partial charge in [0.2, 0.25) is 5.91 Å². The van der Waals surface area contributed by atoms with E-state index < -0.39 is 0 Å². The number of nitrogens with zero attached hydrogens (tertiary/aromatic N) is 2. The zero-order valence-electron chi connectivity index (χ0n) is 16.2. The van der Waals surface area contributed by atoms with Crippen LogP contribution in [0.2, 0.25) is 0 Å². The van der Waals surface area contributed by atoms with Crippen molar-refractivity contribution in [1.82, 2.24) is 9.88 Å². The van der Waals surface area contributed by atoms with Crippen LogP contribution in [0.1, 0.15) is 52.3 Å². The molecule has 4 nitrogen and oxygen atoms in total. The molecule has 2 heterocycles. The first-order valence-corrected chi connectivity index (χ1v) is 9.67. The number of carbonyl (C=O) groups excluding carboxylic acids is 1. The fourth-order valence-corrected chi connectivity index (χ4v) is 4.46. The predicted octanol–water partition coefficient (Wildman–Crippen LogP) is 4.77. The van der Waals surface area contributed by atoms with E-state index in [1.54, 1.807) is 0 Å². The third-order valence-corrected chi connectivity index (χ3v) is 6.08.